The number of hydrogen-bond donors (Lipinski definition) is 0. The maximum atomic E-state index is 11.7. The molecule has 1 aliphatic heterocycles. The van der Waals surface area contributed by atoms with Gasteiger partial charge in [-0.1, -0.05) is 80.6 Å². The Morgan fingerprint density at radius 3 is 2.55 bits per heavy atom. The number of carbonyl (C=O) groups is 1. The lowest BCUT2D eigenvalue weighted by atomic mass is 9.79. The molecule has 170 valence electrons. The number of allylic oxidation sites excluding steroid dienone is 1. The lowest BCUT2D eigenvalue weighted by molar-refractivity contribution is 0.0600. The van der Waals surface area contributed by atoms with Crippen LogP contribution < -0.4 is 0 Å². The third-order valence-corrected chi connectivity index (χ3v) is 7.66. The molecule has 0 aromatic heterocycles. The van der Waals surface area contributed by atoms with Crippen molar-refractivity contribution in [1.82, 2.24) is 0 Å². The molecule has 0 aliphatic carbocycles. The summed E-state index contributed by atoms with van der Waals surface area (Å²) in [6.07, 6.45) is 7.79. The van der Waals surface area contributed by atoms with Gasteiger partial charge in [0.05, 0.1) is 12.7 Å². The van der Waals surface area contributed by atoms with Gasteiger partial charge in [0.25, 0.3) is 0 Å². The van der Waals surface area contributed by atoms with Crippen LogP contribution in [0.4, 0.5) is 0 Å². The van der Waals surface area contributed by atoms with Crippen LogP contribution in [0.1, 0.15) is 65.2 Å². The minimum Gasteiger partial charge on any atom is -0.465 e. The molecule has 1 aliphatic rings. The predicted octanol–water partition coefficient (Wildman–Crippen LogP) is 7.68. The summed E-state index contributed by atoms with van der Waals surface area (Å²) in [5.74, 6) is 1.21. The summed E-state index contributed by atoms with van der Waals surface area (Å²) in [6, 6.07) is 25.4. The molecule has 2 nitrogen and oxygen atoms in total. The number of ether oxygens (including phenoxy) is 1. The fourth-order valence-corrected chi connectivity index (χ4v) is 5.89. The standard InChI is InChI=1S/C30H32O2S/c1-30(2)19-20-33-28-18-17-26(21-27(28)30)24(13-9-22-7-5-4-6-8-22)14-10-23-11-15-25(16-12-23)29(31)32-3/h4-8,10-12,14-18,21,24H,9,13,19-20H2,1-3H3. The largest absolute Gasteiger partial charge is 0.465 e. The Bertz CT molecular complexity index is 1110. The SMILES string of the molecule is COC(=O)c1ccc(C=CC(CCc2ccccc2)c2ccc3c(c2)C(C)(C)CCS3)cc1. The average molecular weight is 457 g/mol. The van der Waals surface area contributed by atoms with Gasteiger partial charge in [-0.3, -0.25) is 0 Å². The number of carbonyl (C=O) groups excluding carboxylic acids is 1. The van der Waals surface area contributed by atoms with Crippen molar-refractivity contribution in [2.75, 3.05) is 12.9 Å². The zero-order chi connectivity index (χ0) is 23.3. The molecule has 0 saturated carbocycles. The van der Waals surface area contributed by atoms with Crippen molar-refractivity contribution >= 4 is 23.8 Å². The maximum Gasteiger partial charge on any atom is 0.337 e. The topological polar surface area (TPSA) is 26.3 Å². The van der Waals surface area contributed by atoms with Crippen molar-refractivity contribution in [2.45, 2.75) is 49.3 Å². The van der Waals surface area contributed by atoms with Crippen LogP contribution in [0, 0.1) is 0 Å². The van der Waals surface area contributed by atoms with Crippen LogP contribution in [0.3, 0.4) is 0 Å². The predicted molar refractivity (Wildman–Crippen MR) is 139 cm³/mol. The van der Waals surface area contributed by atoms with Gasteiger partial charge in [-0.05, 0) is 70.9 Å². The van der Waals surface area contributed by atoms with E-state index < -0.39 is 0 Å². The summed E-state index contributed by atoms with van der Waals surface area (Å²) in [7, 11) is 1.41. The van der Waals surface area contributed by atoms with Crippen molar-refractivity contribution in [3.63, 3.8) is 0 Å². The summed E-state index contributed by atoms with van der Waals surface area (Å²) >= 11 is 1.98. The summed E-state index contributed by atoms with van der Waals surface area (Å²) in [6.45, 7) is 4.74. The van der Waals surface area contributed by atoms with Crippen molar-refractivity contribution in [3.8, 4) is 0 Å². The van der Waals surface area contributed by atoms with Crippen LogP contribution in [-0.2, 0) is 16.6 Å². The van der Waals surface area contributed by atoms with E-state index in [9.17, 15) is 4.79 Å². The fourth-order valence-electron chi connectivity index (χ4n) is 4.40. The second-order valence-electron chi connectivity index (χ2n) is 9.34. The molecule has 4 rings (SSSR count). The van der Waals surface area contributed by atoms with Crippen LogP contribution in [0.5, 0.6) is 0 Å². The minimum absolute atomic E-state index is 0.216. The first-order chi connectivity index (χ1) is 16.0. The van der Waals surface area contributed by atoms with Crippen LogP contribution >= 0.6 is 11.8 Å². The van der Waals surface area contributed by atoms with E-state index in [0.29, 0.717) is 11.5 Å². The minimum atomic E-state index is -0.305. The Balaban J connectivity index is 1.61. The number of rotatable bonds is 7. The molecular weight excluding hydrogens is 424 g/mol. The van der Waals surface area contributed by atoms with Gasteiger partial charge in [0.1, 0.15) is 0 Å². The van der Waals surface area contributed by atoms with Crippen molar-refractivity contribution in [3.05, 3.63) is 107 Å². The fraction of sp³-hybridized carbons (Fsp3) is 0.300. The number of hydrogen-bond acceptors (Lipinski definition) is 3. The Labute approximate surface area is 202 Å². The molecule has 0 amide bonds. The molecule has 33 heavy (non-hydrogen) atoms. The average Bonchev–Trinajstić information content (AvgIpc) is 2.84. The number of esters is 1. The molecule has 1 heterocycles. The van der Waals surface area contributed by atoms with E-state index in [0.717, 1.165) is 18.4 Å². The number of thioether (sulfide) groups is 1. The Hall–Kier alpha value is -2.78. The molecule has 1 unspecified atom stereocenters. The van der Waals surface area contributed by atoms with Gasteiger partial charge in [0.15, 0.2) is 0 Å². The van der Waals surface area contributed by atoms with Crippen molar-refractivity contribution in [1.29, 1.82) is 0 Å². The molecule has 3 heteroatoms. The second kappa shape index (κ2) is 10.4. The van der Waals surface area contributed by atoms with Gasteiger partial charge in [0, 0.05) is 10.8 Å². The number of aryl methyl sites for hydroxylation is 1. The van der Waals surface area contributed by atoms with Crippen LogP contribution in [0.2, 0.25) is 0 Å². The van der Waals surface area contributed by atoms with Crippen LogP contribution in [0.25, 0.3) is 6.08 Å². The summed E-state index contributed by atoms with van der Waals surface area (Å²) in [5.41, 5.74) is 6.10. The van der Waals surface area contributed by atoms with E-state index in [1.54, 1.807) is 0 Å². The van der Waals surface area contributed by atoms with Gasteiger partial charge in [-0.2, -0.15) is 0 Å². The van der Waals surface area contributed by atoms with Gasteiger partial charge in [-0.25, -0.2) is 4.79 Å². The summed E-state index contributed by atoms with van der Waals surface area (Å²) in [4.78, 5) is 13.2. The number of benzene rings is 3. The lowest BCUT2D eigenvalue weighted by Crippen LogP contribution is -2.23. The molecule has 0 radical (unpaired) electrons. The molecule has 0 spiro atoms. The second-order valence-corrected chi connectivity index (χ2v) is 10.5. The van der Waals surface area contributed by atoms with E-state index in [1.807, 2.05) is 36.0 Å². The molecule has 3 aromatic carbocycles. The van der Waals surface area contributed by atoms with Gasteiger partial charge >= 0.3 is 5.97 Å². The summed E-state index contributed by atoms with van der Waals surface area (Å²) < 4.78 is 4.81. The Morgan fingerprint density at radius 2 is 1.82 bits per heavy atom. The maximum absolute atomic E-state index is 11.7. The monoisotopic (exact) mass is 456 g/mol. The smallest absolute Gasteiger partial charge is 0.337 e. The van der Waals surface area contributed by atoms with E-state index in [4.69, 9.17) is 4.74 Å². The highest BCUT2D eigenvalue weighted by molar-refractivity contribution is 7.99. The van der Waals surface area contributed by atoms with E-state index >= 15 is 0 Å². The van der Waals surface area contributed by atoms with Gasteiger partial charge < -0.3 is 4.74 Å². The Morgan fingerprint density at radius 1 is 1.06 bits per heavy atom. The molecular formula is C30H32O2S. The summed E-state index contributed by atoms with van der Waals surface area (Å²) in [5, 5.41) is 0. The highest BCUT2D eigenvalue weighted by Crippen LogP contribution is 2.43. The molecule has 0 saturated heterocycles. The number of fused-ring (bicyclic) bond motifs is 1. The highest BCUT2D eigenvalue weighted by Gasteiger charge is 2.28. The third-order valence-electron chi connectivity index (χ3n) is 6.59. The van der Waals surface area contributed by atoms with E-state index in [1.165, 1.54) is 40.9 Å². The van der Waals surface area contributed by atoms with Crippen LogP contribution in [0.15, 0.2) is 83.8 Å². The molecule has 1 atom stereocenters. The normalized spacial score (nSPS) is 15.7. The van der Waals surface area contributed by atoms with Gasteiger partial charge in [0.2, 0.25) is 0 Å². The first-order valence-electron chi connectivity index (χ1n) is 11.6. The Kier molecular flexibility index (Phi) is 7.39. The third kappa shape index (κ3) is 5.78. The molecule has 0 bridgehead atoms. The first-order valence-corrected chi connectivity index (χ1v) is 12.6. The zero-order valence-corrected chi connectivity index (χ0v) is 20.5. The molecule has 0 N–H and O–H groups in total. The quantitative estimate of drug-likeness (QED) is 0.341. The van der Waals surface area contributed by atoms with E-state index in [-0.39, 0.29) is 11.4 Å². The van der Waals surface area contributed by atoms with Crippen molar-refractivity contribution < 1.29 is 9.53 Å². The zero-order valence-electron chi connectivity index (χ0n) is 19.7. The molecule has 3 aromatic rings. The van der Waals surface area contributed by atoms with Crippen molar-refractivity contribution in [2.24, 2.45) is 0 Å². The number of methoxy groups -OCH3 is 1. The highest BCUT2D eigenvalue weighted by atomic mass is 32.2. The molecule has 0 fully saturated rings. The van der Waals surface area contributed by atoms with Crippen LogP contribution in [-0.4, -0.2) is 18.8 Å². The first kappa shape index (κ1) is 23.4. The van der Waals surface area contributed by atoms with Gasteiger partial charge in [-0.15, -0.1) is 11.8 Å². The van der Waals surface area contributed by atoms with E-state index in [2.05, 4.69) is 74.5 Å². The lowest BCUT2D eigenvalue weighted by Gasteiger charge is -2.33.